The van der Waals surface area contributed by atoms with Gasteiger partial charge in [-0.2, -0.15) is 4.37 Å². The summed E-state index contributed by atoms with van der Waals surface area (Å²) in [6.07, 6.45) is 0. The lowest BCUT2D eigenvalue weighted by Crippen LogP contribution is -2.11. The van der Waals surface area contributed by atoms with Crippen molar-refractivity contribution < 1.29 is 9.90 Å². The third-order valence-electron chi connectivity index (χ3n) is 1.50. The van der Waals surface area contributed by atoms with Crippen LogP contribution in [-0.2, 0) is 0 Å². The zero-order valence-corrected chi connectivity index (χ0v) is 8.60. The van der Waals surface area contributed by atoms with E-state index in [-0.39, 0.29) is 6.04 Å². The number of rotatable bonds is 3. The normalized spacial score (nSPS) is 10.5. The third-order valence-corrected chi connectivity index (χ3v) is 2.37. The molecule has 0 amide bonds. The van der Waals surface area contributed by atoms with Crippen LogP contribution in [0.2, 0.25) is 0 Å². The van der Waals surface area contributed by atoms with E-state index in [9.17, 15) is 4.79 Å². The average Bonchev–Trinajstić information content (AvgIpc) is 2.30. The number of nitrogens with zero attached hydrogens (tertiary/aromatic N) is 1. The topological polar surface area (TPSA) is 62.2 Å². The van der Waals surface area contributed by atoms with Crippen LogP contribution in [0.15, 0.2) is 0 Å². The standard InChI is InChI=1S/C8H12N2O2S/c1-4(2)9-7-6(8(11)12)5(3)10-13-7/h4,9H,1-3H3,(H,11,12). The molecule has 0 aliphatic rings. The smallest absolute Gasteiger partial charge is 0.340 e. The molecule has 0 saturated heterocycles. The van der Waals surface area contributed by atoms with E-state index in [0.29, 0.717) is 16.3 Å². The van der Waals surface area contributed by atoms with Crippen molar-refractivity contribution >= 4 is 22.5 Å². The zero-order valence-electron chi connectivity index (χ0n) is 7.79. The molecule has 0 atom stereocenters. The molecular weight excluding hydrogens is 188 g/mol. The van der Waals surface area contributed by atoms with E-state index < -0.39 is 5.97 Å². The summed E-state index contributed by atoms with van der Waals surface area (Å²) in [6.45, 7) is 5.62. The molecule has 0 aliphatic carbocycles. The van der Waals surface area contributed by atoms with Crippen LogP contribution in [0.5, 0.6) is 0 Å². The van der Waals surface area contributed by atoms with Gasteiger partial charge in [-0.05, 0) is 32.3 Å². The molecule has 13 heavy (non-hydrogen) atoms. The van der Waals surface area contributed by atoms with E-state index in [0.717, 1.165) is 0 Å². The number of carbonyl (C=O) groups is 1. The van der Waals surface area contributed by atoms with E-state index in [1.54, 1.807) is 6.92 Å². The number of aryl methyl sites for hydroxylation is 1. The van der Waals surface area contributed by atoms with E-state index in [1.165, 1.54) is 11.5 Å². The van der Waals surface area contributed by atoms with Gasteiger partial charge in [-0.15, -0.1) is 0 Å². The molecule has 72 valence electrons. The molecule has 1 rings (SSSR count). The summed E-state index contributed by atoms with van der Waals surface area (Å²) in [5.41, 5.74) is 0.861. The van der Waals surface area contributed by atoms with Gasteiger partial charge in [0, 0.05) is 6.04 Å². The van der Waals surface area contributed by atoms with Gasteiger partial charge in [0.1, 0.15) is 10.6 Å². The van der Waals surface area contributed by atoms with Crippen molar-refractivity contribution in [3.63, 3.8) is 0 Å². The fourth-order valence-corrected chi connectivity index (χ4v) is 1.92. The minimum Gasteiger partial charge on any atom is -0.478 e. The Morgan fingerprint density at radius 2 is 2.23 bits per heavy atom. The van der Waals surface area contributed by atoms with Crippen LogP contribution in [0.3, 0.4) is 0 Å². The maximum absolute atomic E-state index is 10.8. The molecule has 0 aliphatic heterocycles. The first kappa shape index (κ1) is 9.98. The molecule has 0 unspecified atom stereocenters. The summed E-state index contributed by atoms with van der Waals surface area (Å²) >= 11 is 1.19. The first-order valence-electron chi connectivity index (χ1n) is 3.98. The van der Waals surface area contributed by atoms with Gasteiger partial charge in [-0.1, -0.05) is 0 Å². The second kappa shape index (κ2) is 3.74. The minimum absolute atomic E-state index is 0.220. The number of carboxylic acids is 1. The molecule has 1 aromatic heterocycles. The van der Waals surface area contributed by atoms with E-state index in [2.05, 4.69) is 9.69 Å². The Kier molecular flexibility index (Phi) is 2.87. The Hall–Kier alpha value is -1.10. The third kappa shape index (κ3) is 2.18. The second-order valence-electron chi connectivity index (χ2n) is 3.08. The molecule has 2 N–H and O–H groups in total. The molecule has 0 fully saturated rings. The van der Waals surface area contributed by atoms with Gasteiger partial charge in [0.05, 0.1) is 5.69 Å². The summed E-state index contributed by atoms with van der Waals surface area (Å²) in [5.74, 6) is -0.922. The first-order chi connectivity index (χ1) is 6.02. The Bertz CT molecular complexity index is 320. The molecule has 4 nitrogen and oxygen atoms in total. The summed E-state index contributed by atoms with van der Waals surface area (Å²) in [6, 6.07) is 0.220. The van der Waals surface area contributed by atoms with Gasteiger partial charge in [-0.3, -0.25) is 0 Å². The lowest BCUT2D eigenvalue weighted by atomic mass is 10.2. The maximum atomic E-state index is 10.8. The van der Waals surface area contributed by atoms with E-state index in [1.807, 2.05) is 13.8 Å². The van der Waals surface area contributed by atoms with Crippen molar-refractivity contribution in [3.8, 4) is 0 Å². The zero-order chi connectivity index (χ0) is 10.0. The minimum atomic E-state index is -0.922. The lowest BCUT2D eigenvalue weighted by Gasteiger charge is -2.07. The summed E-state index contributed by atoms with van der Waals surface area (Å²) in [4.78, 5) is 10.8. The van der Waals surface area contributed by atoms with Crippen molar-refractivity contribution in [3.05, 3.63) is 11.3 Å². The Balaban J connectivity index is 3.00. The van der Waals surface area contributed by atoms with Crippen LogP contribution < -0.4 is 5.32 Å². The number of aromatic nitrogens is 1. The number of carboxylic acid groups (broad SMARTS) is 1. The van der Waals surface area contributed by atoms with Crippen LogP contribution in [0.25, 0.3) is 0 Å². The van der Waals surface area contributed by atoms with Crippen LogP contribution >= 0.6 is 11.5 Å². The van der Waals surface area contributed by atoms with Gasteiger partial charge < -0.3 is 10.4 Å². The highest BCUT2D eigenvalue weighted by molar-refractivity contribution is 7.10. The van der Waals surface area contributed by atoms with Crippen LogP contribution in [0.1, 0.15) is 29.9 Å². The van der Waals surface area contributed by atoms with Gasteiger partial charge in [-0.25, -0.2) is 4.79 Å². The fourth-order valence-electron chi connectivity index (χ4n) is 0.982. The summed E-state index contributed by atoms with van der Waals surface area (Å²) in [7, 11) is 0. The number of aromatic carboxylic acids is 1. The highest BCUT2D eigenvalue weighted by Gasteiger charge is 2.17. The largest absolute Gasteiger partial charge is 0.478 e. The fraction of sp³-hybridized carbons (Fsp3) is 0.500. The predicted molar refractivity (Wildman–Crippen MR) is 52.6 cm³/mol. The van der Waals surface area contributed by atoms with E-state index in [4.69, 9.17) is 5.11 Å². The molecule has 0 spiro atoms. The SMILES string of the molecule is Cc1nsc(NC(C)C)c1C(=O)O. The molecule has 1 heterocycles. The Morgan fingerprint density at radius 3 is 2.69 bits per heavy atom. The maximum Gasteiger partial charge on any atom is 0.340 e. The van der Waals surface area contributed by atoms with Crippen LogP contribution in [0, 0.1) is 6.92 Å². The van der Waals surface area contributed by atoms with E-state index >= 15 is 0 Å². The van der Waals surface area contributed by atoms with Crippen molar-refractivity contribution in [2.24, 2.45) is 0 Å². The van der Waals surface area contributed by atoms with Crippen molar-refractivity contribution in [1.82, 2.24) is 4.37 Å². The van der Waals surface area contributed by atoms with Gasteiger partial charge in [0.15, 0.2) is 0 Å². The quantitative estimate of drug-likeness (QED) is 0.783. The molecule has 0 saturated carbocycles. The number of hydrogen-bond donors (Lipinski definition) is 2. The monoisotopic (exact) mass is 200 g/mol. The van der Waals surface area contributed by atoms with Gasteiger partial charge in [0.25, 0.3) is 0 Å². The van der Waals surface area contributed by atoms with Gasteiger partial charge >= 0.3 is 5.97 Å². The molecule has 0 radical (unpaired) electrons. The van der Waals surface area contributed by atoms with Crippen molar-refractivity contribution in [1.29, 1.82) is 0 Å². The molecule has 0 bridgehead atoms. The van der Waals surface area contributed by atoms with Crippen molar-refractivity contribution in [2.45, 2.75) is 26.8 Å². The summed E-state index contributed by atoms with van der Waals surface area (Å²) in [5, 5.41) is 12.6. The summed E-state index contributed by atoms with van der Waals surface area (Å²) < 4.78 is 3.99. The van der Waals surface area contributed by atoms with Crippen LogP contribution in [-0.4, -0.2) is 21.5 Å². The Morgan fingerprint density at radius 1 is 1.62 bits per heavy atom. The molecular formula is C8H12N2O2S. The number of anilines is 1. The number of nitrogens with one attached hydrogen (secondary N) is 1. The second-order valence-corrected chi connectivity index (χ2v) is 3.85. The van der Waals surface area contributed by atoms with Crippen molar-refractivity contribution in [2.75, 3.05) is 5.32 Å². The molecule has 1 aromatic rings. The molecule has 5 heteroatoms. The molecule has 0 aromatic carbocycles. The predicted octanol–water partition coefficient (Wildman–Crippen LogP) is 1.97. The highest BCUT2D eigenvalue weighted by Crippen LogP contribution is 2.24. The average molecular weight is 200 g/mol. The number of hydrogen-bond acceptors (Lipinski definition) is 4. The highest BCUT2D eigenvalue weighted by atomic mass is 32.1. The van der Waals surface area contributed by atoms with Gasteiger partial charge in [0.2, 0.25) is 0 Å². The van der Waals surface area contributed by atoms with Crippen LogP contribution in [0.4, 0.5) is 5.00 Å². The lowest BCUT2D eigenvalue weighted by molar-refractivity contribution is 0.0697. The first-order valence-corrected chi connectivity index (χ1v) is 4.75. The Labute approximate surface area is 80.8 Å².